The highest BCUT2D eigenvalue weighted by Gasteiger charge is 2.45. The Hall–Kier alpha value is -6.25. The van der Waals surface area contributed by atoms with Gasteiger partial charge in [0.1, 0.15) is 29.5 Å². The zero-order valence-electron chi connectivity index (χ0n) is 36.7. The monoisotopic (exact) mass is 856 g/mol. The second kappa shape index (κ2) is 16.8. The van der Waals surface area contributed by atoms with Crippen LogP contribution in [0.15, 0.2) is 48.5 Å². The van der Waals surface area contributed by atoms with Crippen LogP contribution < -0.4 is 10.6 Å². The van der Waals surface area contributed by atoms with Crippen molar-refractivity contribution in [1.29, 1.82) is 0 Å². The predicted molar refractivity (Wildman–Crippen MR) is 237 cm³/mol. The van der Waals surface area contributed by atoms with E-state index in [4.69, 9.17) is 19.4 Å². The fourth-order valence-corrected chi connectivity index (χ4v) is 10.6. The number of fused-ring (bicyclic) bond motifs is 5. The van der Waals surface area contributed by atoms with Crippen LogP contribution in [0.1, 0.15) is 107 Å². The van der Waals surface area contributed by atoms with Crippen molar-refractivity contribution in [2.45, 2.75) is 103 Å². The number of imidazole rings is 2. The first-order valence-corrected chi connectivity index (χ1v) is 22.3. The Morgan fingerprint density at radius 1 is 0.698 bits per heavy atom. The van der Waals surface area contributed by atoms with Crippen molar-refractivity contribution < 1.29 is 33.4 Å². The summed E-state index contributed by atoms with van der Waals surface area (Å²) in [5.74, 6) is 1.23. The molecule has 2 aromatic heterocycles. The number of hydrogen-bond acceptors (Lipinski definition) is 9. The number of amides is 4. The summed E-state index contributed by atoms with van der Waals surface area (Å²) in [6, 6.07) is 14.8. The molecule has 2 saturated heterocycles. The normalized spacial score (nSPS) is 21.6. The molecule has 9 rings (SSSR count). The van der Waals surface area contributed by atoms with Crippen molar-refractivity contribution in [1.82, 2.24) is 40.4 Å². The van der Waals surface area contributed by atoms with E-state index < -0.39 is 24.3 Å². The number of alkyl carbamates (subject to hydrolysis) is 2. The van der Waals surface area contributed by atoms with Crippen molar-refractivity contribution in [3.8, 4) is 22.3 Å². The fraction of sp³-hybridized carbons (Fsp3) is 0.479. The zero-order chi connectivity index (χ0) is 44.3. The molecule has 0 radical (unpaired) electrons. The van der Waals surface area contributed by atoms with E-state index >= 15 is 0 Å². The fourth-order valence-electron chi connectivity index (χ4n) is 10.6. The van der Waals surface area contributed by atoms with Crippen molar-refractivity contribution in [3.05, 3.63) is 71.3 Å². The van der Waals surface area contributed by atoms with E-state index in [9.17, 15) is 24.0 Å². The van der Waals surface area contributed by atoms with Gasteiger partial charge in [0.25, 0.3) is 0 Å². The van der Waals surface area contributed by atoms with Crippen LogP contribution in [-0.4, -0.2) is 98.9 Å². The van der Waals surface area contributed by atoms with Gasteiger partial charge in [-0.1, -0.05) is 52.0 Å². The molecule has 15 heteroatoms. The number of likely N-dealkylation sites (tertiary alicyclic amines) is 2. The number of nitrogens with zero attached hydrogens (tertiary/aromatic N) is 4. The molecule has 3 unspecified atom stereocenters. The van der Waals surface area contributed by atoms with Gasteiger partial charge in [-0.25, -0.2) is 19.6 Å². The second-order valence-corrected chi connectivity index (χ2v) is 18.3. The first kappa shape index (κ1) is 42.1. The SMILES string of the molecule is COC(=O)N[C@H](C(=O)N1CCCC1c1nc2ccc(-c3ccc(-c4ccc5nc([C@@H]6CCCN6C(=O)[C@@H](NC(=O)OC)C(C)C)[nH]c5c4)c4c3C3C(=O)CCC3C4)cc2[nH]1)C(C)C. The van der Waals surface area contributed by atoms with Gasteiger partial charge in [-0.2, -0.15) is 0 Å². The molecule has 4 aliphatic rings. The zero-order valence-corrected chi connectivity index (χ0v) is 36.7. The van der Waals surface area contributed by atoms with Crippen molar-refractivity contribution in [2.75, 3.05) is 27.3 Å². The van der Waals surface area contributed by atoms with E-state index in [0.717, 1.165) is 88.4 Å². The number of carbonyl (C=O) groups excluding carboxylic acids is 5. The number of hydrogen-bond donors (Lipinski definition) is 4. The molecule has 2 aliphatic heterocycles. The highest BCUT2D eigenvalue weighted by Crippen LogP contribution is 2.52. The van der Waals surface area contributed by atoms with Gasteiger partial charge in [-0.3, -0.25) is 14.4 Å². The molecule has 4 heterocycles. The number of H-pyrrole nitrogens is 2. The molecule has 4 amide bonds. The Morgan fingerprint density at radius 3 is 1.68 bits per heavy atom. The van der Waals surface area contributed by atoms with E-state index in [1.54, 1.807) is 0 Å². The molecule has 4 N–H and O–H groups in total. The van der Waals surface area contributed by atoms with Crippen LogP contribution in [0, 0.1) is 17.8 Å². The topological polar surface area (TPSA) is 192 Å². The molecule has 0 bridgehead atoms. The van der Waals surface area contributed by atoms with Gasteiger partial charge in [0.2, 0.25) is 11.8 Å². The van der Waals surface area contributed by atoms with E-state index in [0.29, 0.717) is 36.9 Å². The summed E-state index contributed by atoms with van der Waals surface area (Å²) < 4.78 is 9.61. The molecule has 330 valence electrons. The largest absolute Gasteiger partial charge is 0.453 e. The molecule has 5 aromatic rings. The smallest absolute Gasteiger partial charge is 0.407 e. The Morgan fingerprint density at radius 2 is 1.19 bits per heavy atom. The minimum atomic E-state index is -0.720. The van der Waals surface area contributed by atoms with Gasteiger partial charge in [-0.15, -0.1) is 0 Å². The third-order valence-electron chi connectivity index (χ3n) is 13.8. The van der Waals surface area contributed by atoms with Crippen LogP contribution >= 0.6 is 0 Å². The molecule has 0 spiro atoms. The standard InChI is InChI=1S/C48H56N8O7/c1-24(2)41(53-47(60)62-5)45(58)55-19-7-9-36(55)43-49-32-16-11-26(22-34(32)51-43)29-14-15-30(40-31(29)21-28-13-18-38(57)39(28)40)27-12-17-33-35(23-27)52-44(50-33)37-10-8-20-56(37)46(59)42(25(3)4)54-48(61)63-6/h11-12,14-17,22-25,28,36-37,39,41-42H,7-10,13,18-21H2,1-6H3,(H,49,51)(H,50,52)(H,53,60)(H,54,61)/t28?,36-,37?,39?,41-,42-/m0/s1. The number of ketones is 1. The van der Waals surface area contributed by atoms with Crippen molar-refractivity contribution in [2.24, 2.45) is 17.8 Å². The number of ether oxygens (including phenoxy) is 2. The minimum Gasteiger partial charge on any atom is -0.453 e. The van der Waals surface area contributed by atoms with Crippen LogP contribution in [0.5, 0.6) is 0 Å². The van der Waals surface area contributed by atoms with E-state index in [2.05, 4.69) is 57.0 Å². The van der Waals surface area contributed by atoms with E-state index in [1.165, 1.54) is 19.8 Å². The quantitative estimate of drug-likeness (QED) is 0.110. The van der Waals surface area contributed by atoms with Crippen LogP contribution in [-0.2, 0) is 30.3 Å². The lowest BCUT2D eigenvalue weighted by atomic mass is 9.86. The molecule has 1 saturated carbocycles. The van der Waals surface area contributed by atoms with E-state index in [1.807, 2.05) is 49.6 Å². The Bertz CT molecular complexity index is 2630. The van der Waals surface area contributed by atoms with Gasteiger partial charge in [0.15, 0.2) is 0 Å². The average molecular weight is 857 g/mol. The summed E-state index contributed by atoms with van der Waals surface area (Å²) in [6.07, 6.45) is 4.16. The van der Waals surface area contributed by atoms with Crippen LogP contribution in [0.3, 0.4) is 0 Å². The Kier molecular flexibility index (Phi) is 11.2. The number of benzene rings is 3. The molecular weight excluding hydrogens is 801 g/mol. The number of methoxy groups -OCH3 is 2. The van der Waals surface area contributed by atoms with Crippen molar-refractivity contribution >= 4 is 51.9 Å². The van der Waals surface area contributed by atoms with Crippen LogP contribution in [0.2, 0.25) is 0 Å². The minimum absolute atomic E-state index is 0.130. The first-order chi connectivity index (χ1) is 30.3. The van der Waals surface area contributed by atoms with Crippen molar-refractivity contribution in [3.63, 3.8) is 0 Å². The molecule has 63 heavy (non-hydrogen) atoms. The van der Waals surface area contributed by atoms with E-state index in [-0.39, 0.29) is 47.6 Å². The van der Waals surface area contributed by atoms with Gasteiger partial charge in [-0.05, 0) is 114 Å². The first-order valence-electron chi connectivity index (χ1n) is 22.3. The molecule has 3 fully saturated rings. The number of nitrogens with one attached hydrogen (secondary N) is 4. The highest BCUT2D eigenvalue weighted by molar-refractivity contribution is 5.96. The molecule has 2 aliphatic carbocycles. The molecule has 15 nitrogen and oxygen atoms in total. The lowest BCUT2D eigenvalue weighted by Gasteiger charge is -2.29. The summed E-state index contributed by atoms with van der Waals surface area (Å²) in [7, 11) is 2.58. The third kappa shape index (κ3) is 7.58. The molecular formula is C48H56N8O7. The maximum absolute atomic E-state index is 13.8. The summed E-state index contributed by atoms with van der Waals surface area (Å²) in [5.41, 5.74) is 9.77. The predicted octanol–water partition coefficient (Wildman–Crippen LogP) is 7.48. The number of aromatic amines is 2. The number of Topliss-reactive ketones (excluding diaryl/α,β-unsaturated/α-hetero) is 1. The number of rotatable bonds is 10. The van der Waals surface area contributed by atoms with Gasteiger partial charge in [0, 0.05) is 25.4 Å². The molecule has 3 aromatic carbocycles. The highest BCUT2D eigenvalue weighted by atomic mass is 16.5. The summed E-state index contributed by atoms with van der Waals surface area (Å²) in [6.45, 7) is 8.75. The van der Waals surface area contributed by atoms with Crippen LogP contribution in [0.4, 0.5) is 9.59 Å². The second-order valence-electron chi connectivity index (χ2n) is 18.3. The average Bonchev–Trinajstić information content (AvgIpc) is 4.14. The maximum Gasteiger partial charge on any atom is 0.407 e. The van der Waals surface area contributed by atoms with Crippen LogP contribution in [0.25, 0.3) is 44.3 Å². The lowest BCUT2D eigenvalue weighted by molar-refractivity contribution is -0.136. The number of aromatic nitrogens is 4. The van der Waals surface area contributed by atoms with Gasteiger partial charge < -0.3 is 39.9 Å². The molecule has 6 atom stereocenters. The Labute approximate surface area is 366 Å². The maximum atomic E-state index is 13.8. The summed E-state index contributed by atoms with van der Waals surface area (Å²) in [4.78, 5) is 86.1. The Balaban J connectivity index is 1.02. The lowest BCUT2D eigenvalue weighted by Crippen LogP contribution is -2.51. The van der Waals surface area contributed by atoms with Gasteiger partial charge in [0.05, 0.1) is 48.4 Å². The van der Waals surface area contributed by atoms with Gasteiger partial charge >= 0.3 is 12.2 Å². The number of carbonyl (C=O) groups is 5. The third-order valence-corrected chi connectivity index (χ3v) is 13.8. The summed E-state index contributed by atoms with van der Waals surface area (Å²) >= 11 is 0. The summed E-state index contributed by atoms with van der Waals surface area (Å²) in [5, 5.41) is 5.44.